The summed E-state index contributed by atoms with van der Waals surface area (Å²) in [4.78, 5) is 11.8. The van der Waals surface area contributed by atoms with Gasteiger partial charge in [0.25, 0.3) is 0 Å². The molecule has 2 atom stereocenters. The minimum absolute atomic E-state index is 0.0678. The molecule has 1 aliphatic carbocycles. The molecule has 0 spiro atoms. The predicted octanol–water partition coefficient (Wildman–Crippen LogP) is 7.30. The first-order chi connectivity index (χ1) is 21.0. The summed E-state index contributed by atoms with van der Waals surface area (Å²) < 4.78 is 88.5. The van der Waals surface area contributed by atoms with E-state index >= 15 is 0 Å². The van der Waals surface area contributed by atoms with Crippen LogP contribution in [0.1, 0.15) is 72.1 Å². The van der Waals surface area contributed by atoms with Gasteiger partial charge in [0.15, 0.2) is 9.84 Å². The van der Waals surface area contributed by atoms with E-state index < -0.39 is 32.4 Å². The summed E-state index contributed by atoms with van der Waals surface area (Å²) in [6.45, 7) is 7.05. The summed E-state index contributed by atoms with van der Waals surface area (Å²) in [5.41, 5.74) is 3.97. The van der Waals surface area contributed by atoms with Gasteiger partial charge in [-0.25, -0.2) is 8.42 Å². The van der Waals surface area contributed by atoms with E-state index in [1.165, 1.54) is 19.2 Å². The van der Waals surface area contributed by atoms with Crippen LogP contribution >= 0.6 is 0 Å². The summed E-state index contributed by atoms with van der Waals surface area (Å²) in [6.07, 6.45) is -2.82. The monoisotopic (exact) mass is 646 g/mol. The van der Waals surface area contributed by atoms with Gasteiger partial charge < -0.3 is 18.9 Å². The number of carbonyl (C=O) groups is 1. The molecule has 3 aromatic rings. The Morgan fingerprint density at radius 1 is 1.00 bits per heavy atom. The second-order valence-corrected chi connectivity index (χ2v) is 15.1. The topological polar surface area (TPSA) is 88.1 Å². The molecule has 5 rings (SSSR count). The zero-order chi connectivity index (χ0) is 32.9. The normalized spacial score (nSPS) is 17.8. The Balaban J connectivity index is 1.46. The van der Waals surface area contributed by atoms with Gasteiger partial charge in [0.1, 0.15) is 34.7 Å². The molecule has 0 aromatic heterocycles. The molecular weight excluding hydrogens is 609 g/mol. The van der Waals surface area contributed by atoms with Crippen LogP contribution in [0.2, 0.25) is 0 Å². The SMILES string of the molecule is COC(=O)C[C@@H]1COc2cc(O[C@@H]3CCc4c(-c5c(C)cc(OCC(C)(C)S(C)(=O)=O)cc5C)cc(C(F)(F)F)cc43)ccc21. The average molecular weight is 647 g/mol. The smallest absolute Gasteiger partial charge is 0.416 e. The predicted molar refractivity (Wildman–Crippen MR) is 164 cm³/mol. The molecule has 0 fully saturated rings. The quantitative estimate of drug-likeness (QED) is 0.226. The van der Waals surface area contributed by atoms with E-state index in [0.717, 1.165) is 17.4 Å². The number of methoxy groups -OCH3 is 1. The molecule has 0 unspecified atom stereocenters. The lowest BCUT2D eigenvalue weighted by Crippen LogP contribution is -2.37. The van der Waals surface area contributed by atoms with Crippen LogP contribution in [0.25, 0.3) is 11.1 Å². The van der Waals surface area contributed by atoms with E-state index in [2.05, 4.69) is 0 Å². The van der Waals surface area contributed by atoms with Crippen LogP contribution in [-0.2, 0) is 32.0 Å². The van der Waals surface area contributed by atoms with Crippen LogP contribution in [0.4, 0.5) is 13.2 Å². The maximum Gasteiger partial charge on any atom is 0.416 e. The highest BCUT2D eigenvalue weighted by molar-refractivity contribution is 7.92. The molecule has 0 saturated heterocycles. The highest BCUT2D eigenvalue weighted by Crippen LogP contribution is 2.47. The van der Waals surface area contributed by atoms with E-state index in [1.54, 1.807) is 38.1 Å². The number of sulfone groups is 1. The Morgan fingerprint density at radius 2 is 1.69 bits per heavy atom. The second-order valence-electron chi connectivity index (χ2n) is 12.5. The Hall–Kier alpha value is -3.73. The number of halogens is 3. The van der Waals surface area contributed by atoms with E-state index in [4.69, 9.17) is 18.9 Å². The molecular formula is C34H37F3O7S. The molecule has 0 saturated carbocycles. The summed E-state index contributed by atoms with van der Waals surface area (Å²) >= 11 is 0. The Kier molecular flexibility index (Phi) is 8.63. The zero-order valence-corrected chi connectivity index (χ0v) is 26.9. The van der Waals surface area contributed by atoms with Crippen molar-refractivity contribution in [1.29, 1.82) is 0 Å². The lowest BCUT2D eigenvalue weighted by atomic mass is 9.88. The van der Waals surface area contributed by atoms with Crippen molar-refractivity contribution in [3.05, 3.63) is 75.8 Å². The number of hydrogen-bond donors (Lipinski definition) is 0. The first-order valence-corrected chi connectivity index (χ1v) is 16.6. The molecule has 11 heteroatoms. The summed E-state index contributed by atoms with van der Waals surface area (Å²) in [6, 6.07) is 11.1. The number of aryl methyl sites for hydroxylation is 2. The van der Waals surface area contributed by atoms with Crippen molar-refractivity contribution in [3.63, 3.8) is 0 Å². The van der Waals surface area contributed by atoms with Crippen molar-refractivity contribution in [1.82, 2.24) is 0 Å². The maximum atomic E-state index is 14.2. The number of alkyl halides is 3. The fraction of sp³-hybridized carbons (Fsp3) is 0.441. The fourth-order valence-corrected chi connectivity index (χ4v) is 6.22. The van der Waals surface area contributed by atoms with Gasteiger partial charge in [-0.15, -0.1) is 0 Å². The molecule has 1 aliphatic heterocycles. The third-order valence-corrected chi connectivity index (χ3v) is 10.9. The Morgan fingerprint density at radius 3 is 2.31 bits per heavy atom. The first kappa shape index (κ1) is 32.7. The molecule has 0 N–H and O–H groups in total. The van der Waals surface area contributed by atoms with Gasteiger partial charge in [-0.05, 0) is 104 Å². The molecule has 7 nitrogen and oxygen atoms in total. The summed E-state index contributed by atoms with van der Waals surface area (Å²) in [7, 11) is -2.04. The Bertz CT molecular complexity index is 1720. The van der Waals surface area contributed by atoms with Gasteiger partial charge in [0.05, 0.1) is 25.7 Å². The number of carbonyl (C=O) groups excluding carboxylic acids is 1. The van der Waals surface area contributed by atoms with Crippen molar-refractivity contribution in [2.45, 2.75) is 69.9 Å². The average Bonchev–Trinajstić information content (AvgIpc) is 3.54. The largest absolute Gasteiger partial charge is 0.492 e. The van der Waals surface area contributed by atoms with Crippen LogP contribution in [0.3, 0.4) is 0 Å². The van der Waals surface area contributed by atoms with Crippen LogP contribution in [0, 0.1) is 13.8 Å². The molecule has 3 aromatic carbocycles. The molecule has 242 valence electrons. The van der Waals surface area contributed by atoms with Gasteiger partial charge in [-0.1, -0.05) is 6.07 Å². The van der Waals surface area contributed by atoms with Crippen molar-refractivity contribution in [3.8, 4) is 28.4 Å². The summed E-state index contributed by atoms with van der Waals surface area (Å²) in [5, 5.41) is 0. The van der Waals surface area contributed by atoms with Crippen molar-refractivity contribution in [2.75, 3.05) is 26.6 Å². The molecule has 45 heavy (non-hydrogen) atoms. The molecule has 0 radical (unpaired) electrons. The molecule has 1 heterocycles. The minimum atomic E-state index is -4.57. The maximum absolute atomic E-state index is 14.2. The third kappa shape index (κ3) is 6.64. The highest BCUT2D eigenvalue weighted by Gasteiger charge is 2.37. The second kappa shape index (κ2) is 11.9. The number of hydrogen-bond acceptors (Lipinski definition) is 7. The standard InChI is InChI=1S/C34H37F3O7S/c1-19-11-24(43-18-33(3,4)45(6,39)40)12-20(2)32(19)28-15-22(34(35,36)37)14-27-26(28)9-10-29(27)44-23-7-8-25-21(13-31(38)41-5)17-42-30(25)16-23/h7-8,11-12,14-16,21,29H,9-10,13,17-18H2,1-6H3/t21-,29-/m1/s1. The number of benzene rings is 3. The molecule has 0 bridgehead atoms. The molecule has 0 amide bonds. The van der Waals surface area contributed by atoms with E-state index in [0.29, 0.717) is 64.5 Å². The van der Waals surface area contributed by atoms with E-state index in [-0.39, 0.29) is 24.9 Å². The fourth-order valence-electron chi connectivity index (χ4n) is 5.94. The van der Waals surface area contributed by atoms with E-state index in [1.807, 2.05) is 19.9 Å². The lowest BCUT2D eigenvalue weighted by molar-refractivity contribution is -0.141. The first-order valence-electron chi connectivity index (χ1n) is 14.7. The zero-order valence-electron chi connectivity index (χ0n) is 26.1. The number of rotatable bonds is 9. The van der Waals surface area contributed by atoms with Crippen LogP contribution in [0.5, 0.6) is 17.2 Å². The van der Waals surface area contributed by atoms with Crippen molar-refractivity contribution >= 4 is 15.8 Å². The number of ether oxygens (including phenoxy) is 4. The van der Waals surface area contributed by atoms with Crippen LogP contribution < -0.4 is 14.2 Å². The van der Waals surface area contributed by atoms with Gasteiger partial charge in [-0.3, -0.25) is 4.79 Å². The summed E-state index contributed by atoms with van der Waals surface area (Å²) in [5.74, 6) is 1.02. The van der Waals surface area contributed by atoms with Gasteiger partial charge in [0, 0.05) is 23.8 Å². The Labute approximate surface area is 261 Å². The third-order valence-electron chi connectivity index (χ3n) is 8.76. The highest BCUT2D eigenvalue weighted by atomic mass is 32.2. The van der Waals surface area contributed by atoms with Crippen LogP contribution in [-0.4, -0.2) is 45.7 Å². The van der Waals surface area contributed by atoms with Crippen molar-refractivity contribution in [2.24, 2.45) is 0 Å². The van der Waals surface area contributed by atoms with E-state index in [9.17, 15) is 26.4 Å². The van der Waals surface area contributed by atoms with Gasteiger partial charge in [-0.2, -0.15) is 13.2 Å². The van der Waals surface area contributed by atoms with Crippen molar-refractivity contribution < 1.29 is 45.3 Å². The van der Waals surface area contributed by atoms with Gasteiger partial charge >= 0.3 is 12.1 Å². The number of fused-ring (bicyclic) bond motifs is 2. The van der Waals surface area contributed by atoms with Gasteiger partial charge in [0.2, 0.25) is 0 Å². The lowest BCUT2D eigenvalue weighted by Gasteiger charge is -2.24. The minimum Gasteiger partial charge on any atom is -0.492 e. The molecule has 2 aliphatic rings. The number of esters is 1. The van der Waals surface area contributed by atoms with Crippen LogP contribution in [0.15, 0.2) is 42.5 Å².